The third-order valence-corrected chi connectivity index (χ3v) is 8.48. The number of nitrogens with zero attached hydrogens (tertiary/aromatic N) is 3. The van der Waals surface area contributed by atoms with Crippen LogP contribution in [-0.2, 0) is 16.0 Å². The van der Waals surface area contributed by atoms with Gasteiger partial charge in [-0.15, -0.1) is 21.8 Å². The van der Waals surface area contributed by atoms with E-state index >= 15 is 0 Å². The first-order valence-electron chi connectivity index (χ1n) is 12.2. The number of rotatable bonds is 11. The molecule has 1 aromatic heterocycles. The Morgan fingerprint density at radius 3 is 2.84 bits per heavy atom. The highest BCUT2D eigenvalue weighted by Gasteiger charge is 2.31. The van der Waals surface area contributed by atoms with Crippen molar-refractivity contribution in [3.05, 3.63) is 33.7 Å². The number of hydrogen-bond acceptors (Lipinski definition) is 9. The standard InChI is InChI=1S/C25H29ClN4O4S3/c1-33-19-14-16(9-10-18(19)34-17-6-3-2-4-7-17)15-20-23(32)30(25(35)36-20)13-5-8-21(31)27-24-29-28-22(37-24)11-12-26/h9-10,14-15,17H,2-8,11-13H2,1H3,(H,27,29,31)/b20-15-. The van der Waals surface area contributed by atoms with Gasteiger partial charge in [0.25, 0.3) is 5.91 Å². The van der Waals surface area contributed by atoms with Crippen molar-refractivity contribution in [3.8, 4) is 11.5 Å². The maximum Gasteiger partial charge on any atom is 0.266 e. The number of alkyl halides is 1. The van der Waals surface area contributed by atoms with Gasteiger partial charge in [0.2, 0.25) is 11.0 Å². The Balaban J connectivity index is 1.31. The topological polar surface area (TPSA) is 93.6 Å². The van der Waals surface area contributed by atoms with Crippen LogP contribution in [0, 0.1) is 0 Å². The van der Waals surface area contributed by atoms with Gasteiger partial charge >= 0.3 is 0 Å². The van der Waals surface area contributed by atoms with Crippen LogP contribution in [0.5, 0.6) is 11.5 Å². The van der Waals surface area contributed by atoms with Crippen LogP contribution in [0.1, 0.15) is 55.5 Å². The fourth-order valence-electron chi connectivity index (χ4n) is 4.14. The Morgan fingerprint density at radius 2 is 2.08 bits per heavy atom. The summed E-state index contributed by atoms with van der Waals surface area (Å²) in [7, 11) is 1.62. The molecule has 198 valence electrons. The van der Waals surface area contributed by atoms with E-state index in [2.05, 4.69) is 15.5 Å². The summed E-state index contributed by atoms with van der Waals surface area (Å²) >= 11 is 13.7. The lowest BCUT2D eigenvalue weighted by molar-refractivity contribution is -0.122. The van der Waals surface area contributed by atoms with Crippen molar-refractivity contribution >= 4 is 74.3 Å². The number of amides is 2. The molecule has 1 aliphatic heterocycles. The average Bonchev–Trinajstić information content (AvgIpc) is 3.44. The van der Waals surface area contributed by atoms with Gasteiger partial charge in [-0.2, -0.15) is 0 Å². The number of anilines is 1. The van der Waals surface area contributed by atoms with Crippen molar-refractivity contribution in [1.82, 2.24) is 15.1 Å². The van der Waals surface area contributed by atoms with Crippen LogP contribution in [0.15, 0.2) is 23.1 Å². The predicted molar refractivity (Wildman–Crippen MR) is 153 cm³/mol. The molecule has 8 nitrogen and oxygen atoms in total. The van der Waals surface area contributed by atoms with Gasteiger partial charge in [-0.25, -0.2) is 0 Å². The zero-order chi connectivity index (χ0) is 26.2. The molecule has 0 bridgehead atoms. The van der Waals surface area contributed by atoms with Gasteiger partial charge in [-0.1, -0.05) is 47.8 Å². The van der Waals surface area contributed by atoms with Gasteiger partial charge in [0.05, 0.1) is 18.1 Å². The highest BCUT2D eigenvalue weighted by molar-refractivity contribution is 8.26. The van der Waals surface area contributed by atoms with Gasteiger partial charge in [-0.3, -0.25) is 14.5 Å². The molecule has 2 heterocycles. The van der Waals surface area contributed by atoms with Gasteiger partial charge in [0.1, 0.15) is 9.33 Å². The fourth-order valence-corrected chi connectivity index (χ4v) is 6.50. The molecular weight excluding hydrogens is 552 g/mol. The lowest BCUT2D eigenvalue weighted by Crippen LogP contribution is -2.29. The normalized spacial score (nSPS) is 17.5. The minimum absolute atomic E-state index is 0.160. The fraction of sp³-hybridized carbons (Fsp3) is 0.480. The van der Waals surface area contributed by atoms with Crippen molar-refractivity contribution < 1.29 is 19.1 Å². The van der Waals surface area contributed by atoms with E-state index in [0.29, 0.717) is 45.4 Å². The lowest BCUT2D eigenvalue weighted by Gasteiger charge is -2.24. The summed E-state index contributed by atoms with van der Waals surface area (Å²) in [6.07, 6.45) is 9.13. The minimum Gasteiger partial charge on any atom is -0.493 e. The Hall–Kier alpha value is -2.21. The summed E-state index contributed by atoms with van der Waals surface area (Å²) in [5, 5.41) is 11.9. The molecule has 0 spiro atoms. The molecule has 1 saturated heterocycles. The third-order valence-electron chi connectivity index (χ3n) is 6.01. The molecule has 2 aliphatic rings. The van der Waals surface area contributed by atoms with Crippen LogP contribution >= 0.6 is 46.9 Å². The van der Waals surface area contributed by atoms with Crippen molar-refractivity contribution in [3.63, 3.8) is 0 Å². The Kier molecular flexibility index (Phi) is 10.2. The molecule has 0 atom stereocenters. The maximum absolute atomic E-state index is 13.0. The van der Waals surface area contributed by atoms with Crippen LogP contribution < -0.4 is 14.8 Å². The van der Waals surface area contributed by atoms with Gasteiger partial charge in [0, 0.05) is 25.3 Å². The van der Waals surface area contributed by atoms with Gasteiger partial charge in [-0.05, 0) is 55.9 Å². The Bertz CT molecular complexity index is 1170. The summed E-state index contributed by atoms with van der Waals surface area (Å²) in [5.41, 5.74) is 0.832. The molecule has 12 heteroatoms. The number of hydrogen-bond donors (Lipinski definition) is 1. The monoisotopic (exact) mass is 580 g/mol. The van der Waals surface area contributed by atoms with E-state index in [1.807, 2.05) is 24.3 Å². The van der Waals surface area contributed by atoms with Crippen molar-refractivity contribution in [2.75, 3.05) is 24.9 Å². The highest BCUT2D eigenvalue weighted by atomic mass is 35.5. The largest absolute Gasteiger partial charge is 0.493 e. The molecule has 1 aliphatic carbocycles. The van der Waals surface area contributed by atoms with Crippen LogP contribution in [0.3, 0.4) is 0 Å². The summed E-state index contributed by atoms with van der Waals surface area (Å²) in [6.45, 7) is 0.362. The number of thioether (sulfide) groups is 1. The van der Waals surface area contributed by atoms with Gasteiger partial charge in [0.15, 0.2) is 11.5 Å². The molecular formula is C25H29ClN4O4S3. The molecule has 2 aromatic rings. The second-order valence-corrected chi connectivity index (χ2v) is 11.8. The smallest absolute Gasteiger partial charge is 0.266 e. The molecule has 0 radical (unpaired) electrons. The number of benzene rings is 1. The number of methoxy groups -OCH3 is 1. The zero-order valence-corrected chi connectivity index (χ0v) is 23.7. The van der Waals surface area contributed by atoms with Crippen molar-refractivity contribution in [2.24, 2.45) is 0 Å². The number of thiocarbonyl (C=S) groups is 1. The Morgan fingerprint density at radius 1 is 1.27 bits per heavy atom. The van der Waals surface area contributed by atoms with Crippen molar-refractivity contribution in [1.29, 1.82) is 0 Å². The second kappa shape index (κ2) is 13.5. The summed E-state index contributed by atoms with van der Waals surface area (Å²) in [4.78, 5) is 27.3. The lowest BCUT2D eigenvalue weighted by atomic mass is 9.98. The van der Waals surface area contributed by atoms with Crippen LogP contribution in [-0.4, -0.2) is 56.9 Å². The number of aromatic nitrogens is 2. The SMILES string of the molecule is COc1cc(/C=C2\SC(=S)N(CCCC(=O)Nc3nnc(CCCl)s3)C2=O)ccc1OC1CCCCC1. The highest BCUT2D eigenvalue weighted by Crippen LogP contribution is 2.36. The summed E-state index contributed by atoms with van der Waals surface area (Å²) < 4.78 is 12.2. The minimum atomic E-state index is -0.183. The number of ether oxygens (including phenoxy) is 2. The molecule has 2 fully saturated rings. The number of aryl methyl sites for hydroxylation is 1. The van der Waals surface area contributed by atoms with E-state index in [1.54, 1.807) is 12.0 Å². The maximum atomic E-state index is 13.0. The van der Waals surface area contributed by atoms with Crippen molar-refractivity contribution in [2.45, 2.75) is 57.5 Å². The van der Waals surface area contributed by atoms with E-state index in [9.17, 15) is 9.59 Å². The molecule has 0 unspecified atom stereocenters. The zero-order valence-electron chi connectivity index (χ0n) is 20.5. The van der Waals surface area contributed by atoms with Crippen LogP contribution in [0.2, 0.25) is 0 Å². The van der Waals surface area contributed by atoms with E-state index < -0.39 is 0 Å². The number of carbonyl (C=O) groups is 2. The first-order chi connectivity index (χ1) is 18.0. The van der Waals surface area contributed by atoms with Crippen LogP contribution in [0.25, 0.3) is 6.08 Å². The molecule has 1 N–H and O–H groups in total. The third kappa shape index (κ3) is 7.66. The first-order valence-corrected chi connectivity index (χ1v) is 14.8. The summed E-state index contributed by atoms with van der Waals surface area (Å²) in [5.74, 6) is 1.48. The van der Waals surface area contributed by atoms with E-state index in [-0.39, 0.29) is 24.3 Å². The second-order valence-electron chi connectivity index (χ2n) is 8.71. The predicted octanol–water partition coefficient (Wildman–Crippen LogP) is 5.66. The number of nitrogens with one attached hydrogen (secondary N) is 1. The average molecular weight is 581 g/mol. The first kappa shape index (κ1) is 27.8. The van der Waals surface area contributed by atoms with Gasteiger partial charge < -0.3 is 14.8 Å². The molecule has 1 saturated carbocycles. The Labute approximate surface area is 235 Å². The van der Waals surface area contributed by atoms with E-state index in [4.69, 9.17) is 33.3 Å². The van der Waals surface area contributed by atoms with E-state index in [1.165, 1.54) is 42.4 Å². The molecule has 1 aromatic carbocycles. The quantitative estimate of drug-likeness (QED) is 0.207. The molecule has 37 heavy (non-hydrogen) atoms. The molecule has 2 amide bonds. The molecule has 4 rings (SSSR count). The number of carbonyl (C=O) groups excluding carboxylic acids is 2. The van der Waals surface area contributed by atoms with E-state index in [0.717, 1.165) is 29.2 Å². The summed E-state index contributed by atoms with van der Waals surface area (Å²) in [6, 6.07) is 5.69. The number of halogens is 1. The van der Waals surface area contributed by atoms with Crippen LogP contribution in [0.4, 0.5) is 5.13 Å².